The van der Waals surface area contributed by atoms with Gasteiger partial charge in [-0.1, -0.05) is 20.8 Å². The van der Waals surface area contributed by atoms with E-state index in [9.17, 15) is 9.59 Å². The van der Waals surface area contributed by atoms with Gasteiger partial charge in [-0.15, -0.1) is 0 Å². The fourth-order valence-corrected chi connectivity index (χ4v) is 3.72. The first kappa shape index (κ1) is 10.7. The molecule has 1 amide bonds. The highest BCUT2D eigenvalue weighted by Crippen LogP contribution is 2.66. The molecule has 2 bridgehead atoms. The highest BCUT2D eigenvalue weighted by molar-refractivity contribution is 5.94. The molecule has 2 saturated carbocycles. The molecule has 2 aliphatic carbocycles. The summed E-state index contributed by atoms with van der Waals surface area (Å²) < 4.78 is 0. The Labute approximate surface area is 90.4 Å². The fraction of sp³-hybridized carbons (Fsp3) is 0.833. The number of amides is 1. The Morgan fingerprint density at radius 1 is 1.47 bits per heavy atom. The Hall–Kier alpha value is -0.860. The average Bonchev–Trinajstić information content (AvgIpc) is 2.40. The van der Waals surface area contributed by atoms with Crippen molar-refractivity contribution in [1.29, 1.82) is 0 Å². The molecular weight excluding hydrogens is 190 g/mol. The second-order valence-electron chi connectivity index (χ2n) is 5.84. The predicted molar refractivity (Wildman–Crippen MR) is 56.9 cm³/mol. The number of hydrogen-bond donors (Lipinski definition) is 1. The summed E-state index contributed by atoms with van der Waals surface area (Å²) in [6.45, 7) is 6.36. The normalized spacial score (nSPS) is 42.2. The molecule has 0 radical (unpaired) electrons. The van der Waals surface area contributed by atoms with Crippen LogP contribution in [0.5, 0.6) is 0 Å². The van der Waals surface area contributed by atoms with Crippen molar-refractivity contribution in [3.63, 3.8) is 0 Å². The Morgan fingerprint density at radius 3 is 2.47 bits per heavy atom. The molecule has 2 rings (SSSR count). The van der Waals surface area contributed by atoms with Gasteiger partial charge in [-0.2, -0.15) is 0 Å². The molecule has 3 heteroatoms. The summed E-state index contributed by atoms with van der Waals surface area (Å²) in [4.78, 5) is 23.2. The lowest BCUT2D eigenvalue weighted by Crippen LogP contribution is -2.34. The maximum absolute atomic E-state index is 12.2. The molecule has 3 atom stereocenters. The van der Waals surface area contributed by atoms with Crippen LogP contribution in [-0.2, 0) is 9.59 Å². The quantitative estimate of drug-likeness (QED) is 0.749. The number of primary amides is 1. The van der Waals surface area contributed by atoms with Crippen LogP contribution in [0.15, 0.2) is 0 Å². The monoisotopic (exact) mass is 209 g/mol. The number of nitrogens with two attached hydrogens (primary N) is 1. The minimum atomic E-state index is -0.347. The summed E-state index contributed by atoms with van der Waals surface area (Å²) in [5.74, 6) is 0.154. The topological polar surface area (TPSA) is 60.2 Å². The van der Waals surface area contributed by atoms with Crippen molar-refractivity contribution in [3.05, 3.63) is 0 Å². The van der Waals surface area contributed by atoms with E-state index in [0.717, 1.165) is 12.8 Å². The number of Topliss-reactive ketones (excluding diaryl/α,β-unsaturated/α-hetero) is 1. The standard InChI is InChI=1S/C12H19NO2/c1-11(2)8-4-5-12(11,3)10(15)7(8)6-9(13)14/h7-8H,4-6H2,1-3H3,(H2,13,14)/t7-,8-,12+/m0/s1. The largest absolute Gasteiger partial charge is 0.370 e. The molecule has 0 unspecified atom stereocenters. The second-order valence-corrected chi connectivity index (χ2v) is 5.84. The summed E-state index contributed by atoms with van der Waals surface area (Å²) in [6.07, 6.45) is 2.27. The third kappa shape index (κ3) is 1.12. The van der Waals surface area contributed by atoms with Gasteiger partial charge in [0.2, 0.25) is 5.91 Å². The van der Waals surface area contributed by atoms with E-state index in [4.69, 9.17) is 5.73 Å². The van der Waals surface area contributed by atoms with Crippen molar-refractivity contribution in [2.24, 2.45) is 28.4 Å². The van der Waals surface area contributed by atoms with Crippen LogP contribution < -0.4 is 5.73 Å². The van der Waals surface area contributed by atoms with Crippen LogP contribution in [0.2, 0.25) is 0 Å². The summed E-state index contributed by atoms with van der Waals surface area (Å²) in [7, 11) is 0. The number of carbonyl (C=O) groups excluding carboxylic acids is 2. The van der Waals surface area contributed by atoms with Crippen molar-refractivity contribution in [2.75, 3.05) is 0 Å². The van der Waals surface area contributed by atoms with Crippen LogP contribution in [0.4, 0.5) is 0 Å². The van der Waals surface area contributed by atoms with E-state index < -0.39 is 0 Å². The van der Waals surface area contributed by atoms with Crippen LogP contribution in [0.1, 0.15) is 40.0 Å². The van der Waals surface area contributed by atoms with Gasteiger partial charge in [-0.3, -0.25) is 9.59 Å². The van der Waals surface area contributed by atoms with E-state index in [1.807, 2.05) is 0 Å². The highest BCUT2D eigenvalue weighted by Gasteiger charge is 2.65. The van der Waals surface area contributed by atoms with Crippen LogP contribution in [0.25, 0.3) is 0 Å². The predicted octanol–water partition coefficient (Wildman–Crippen LogP) is 1.50. The van der Waals surface area contributed by atoms with E-state index in [-0.39, 0.29) is 34.9 Å². The summed E-state index contributed by atoms with van der Waals surface area (Å²) in [6, 6.07) is 0. The van der Waals surface area contributed by atoms with Gasteiger partial charge in [0, 0.05) is 17.8 Å². The molecule has 3 nitrogen and oxygen atoms in total. The lowest BCUT2D eigenvalue weighted by molar-refractivity contribution is -0.134. The Bertz CT molecular complexity index is 335. The second kappa shape index (κ2) is 2.83. The van der Waals surface area contributed by atoms with Crippen molar-refractivity contribution in [1.82, 2.24) is 0 Å². The van der Waals surface area contributed by atoms with E-state index in [1.165, 1.54) is 0 Å². The Kier molecular flexibility index (Phi) is 2.01. The number of ketones is 1. The zero-order valence-electron chi connectivity index (χ0n) is 9.67. The number of hydrogen-bond acceptors (Lipinski definition) is 2. The van der Waals surface area contributed by atoms with E-state index in [2.05, 4.69) is 20.8 Å². The van der Waals surface area contributed by atoms with Crippen molar-refractivity contribution in [3.8, 4) is 0 Å². The fourth-order valence-electron chi connectivity index (χ4n) is 3.72. The van der Waals surface area contributed by atoms with Gasteiger partial charge in [-0.05, 0) is 24.2 Å². The molecular formula is C12H19NO2. The maximum atomic E-state index is 12.2. The average molecular weight is 209 g/mol. The smallest absolute Gasteiger partial charge is 0.218 e. The van der Waals surface area contributed by atoms with Crippen molar-refractivity contribution >= 4 is 11.7 Å². The molecule has 0 spiro atoms. The van der Waals surface area contributed by atoms with Gasteiger partial charge in [0.1, 0.15) is 5.78 Å². The molecule has 0 saturated heterocycles. The van der Waals surface area contributed by atoms with Crippen molar-refractivity contribution in [2.45, 2.75) is 40.0 Å². The van der Waals surface area contributed by atoms with Gasteiger partial charge in [0.25, 0.3) is 0 Å². The van der Waals surface area contributed by atoms with Crippen molar-refractivity contribution < 1.29 is 9.59 Å². The van der Waals surface area contributed by atoms with Crippen LogP contribution >= 0.6 is 0 Å². The molecule has 0 aromatic rings. The van der Waals surface area contributed by atoms with Gasteiger partial charge >= 0.3 is 0 Å². The van der Waals surface area contributed by atoms with Gasteiger partial charge in [0.05, 0.1) is 0 Å². The summed E-state index contributed by atoms with van der Waals surface area (Å²) in [5, 5.41) is 0. The van der Waals surface area contributed by atoms with Gasteiger partial charge in [-0.25, -0.2) is 0 Å². The molecule has 0 aliphatic heterocycles. The molecule has 84 valence electrons. The molecule has 2 fully saturated rings. The minimum Gasteiger partial charge on any atom is -0.370 e. The molecule has 15 heavy (non-hydrogen) atoms. The Balaban J connectivity index is 2.34. The number of fused-ring (bicyclic) bond motifs is 2. The number of carbonyl (C=O) groups is 2. The SMILES string of the molecule is CC1(C)[C@H]2CC[C@]1(C)C(=O)[C@H]2CC(N)=O. The molecule has 0 aromatic heterocycles. The van der Waals surface area contributed by atoms with E-state index in [1.54, 1.807) is 0 Å². The van der Waals surface area contributed by atoms with Gasteiger partial charge < -0.3 is 5.73 Å². The van der Waals surface area contributed by atoms with E-state index >= 15 is 0 Å². The van der Waals surface area contributed by atoms with Crippen LogP contribution in [0.3, 0.4) is 0 Å². The van der Waals surface area contributed by atoms with Crippen LogP contribution in [-0.4, -0.2) is 11.7 Å². The zero-order chi connectivity index (χ0) is 11.4. The Morgan fingerprint density at radius 2 is 2.07 bits per heavy atom. The first-order chi connectivity index (χ1) is 6.80. The molecule has 0 heterocycles. The minimum absolute atomic E-state index is 0.0319. The third-order valence-corrected chi connectivity index (χ3v) is 5.09. The number of rotatable bonds is 2. The lowest BCUT2D eigenvalue weighted by Gasteiger charge is -2.32. The maximum Gasteiger partial charge on any atom is 0.218 e. The molecule has 0 aromatic carbocycles. The molecule has 2 N–H and O–H groups in total. The van der Waals surface area contributed by atoms with Gasteiger partial charge in [0.15, 0.2) is 0 Å². The van der Waals surface area contributed by atoms with Crippen LogP contribution in [0, 0.1) is 22.7 Å². The third-order valence-electron chi connectivity index (χ3n) is 5.09. The van der Waals surface area contributed by atoms with E-state index in [0.29, 0.717) is 5.92 Å². The lowest BCUT2D eigenvalue weighted by atomic mass is 9.70. The molecule has 2 aliphatic rings. The first-order valence-corrected chi connectivity index (χ1v) is 5.63. The zero-order valence-corrected chi connectivity index (χ0v) is 9.67. The summed E-state index contributed by atoms with van der Waals surface area (Å²) in [5.41, 5.74) is 5.01. The summed E-state index contributed by atoms with van der Waals surface area (Å²) >= 11 is 0. The first-order valence-electron chi connectivity index (χ1n) is 5.63. The highest BCUT2D eigenvalue weighted by atomic mass is 16.1.